The molecule has 8 heteroatoms. The number of rotatable bonds is 5. The predicted octanol–water partition coefficient (Wildman–Crippen LogP) is 5.36. The summed E-state index contributed by atoms with van der Waals surface area (Å²) in [4.78, 5) is 14.8. The molecular formula is C22H25Cl2NO4S. The van der Waals surface area contributed by atoms with Gasteiger partial charge in [-0.15, -0.1) is 0 Å². The van der Waals surface area contributed by atoms with Crippen LogP contribution in [-0.2, 0) is 20.3 Å². The second-order valence-electron chi connectivity index (χ2n) is 7.72. The average molecular weight is 470 g/mol. The molecular weight excluding hydrogens is 445 g/mol. The molecule has 0 unspecified atom stereocenters. The first-order valence-corrected chi connectivity index (χ1v) is 12.0. The molecule has 0 aromatic heterocycles. The van der Waals surface area contributed by atoms with Crippen LogP contribution in [0.1, 0.15) is 43.7 Å². The number of amides is 1. The quantitative estimate of drug-likeness (QED) is 0.552. The van der Waals surface area contributed by atoms with Crippen molar-refractivity contribution in [3.8, 4) is 5.75 Å². The van der Waals surface area contributed by atoms with E-state index in [0.29, 0.717) is 23.4 Å². The van der Waals surface area contributed by atoms with Gasteiger partial charge in [-0.05, 0) is 61.6 Å². The van der Waals surface area contributed by atoms with Crippen LogP contribution in [0.3, 0.4) is 0 Å². The van der Waals surface area contributed by atoms with Gasteiger partial charge in [0.25, 0.3) is 0 Å². The van der Waals surface area contributed by atoms with E-state index in [-0.39, 0.29) is 21.6 Å². The Labute approximate surface area is 188 Å². The van der Waals surface area contributed by atoms with E-state index in [9.17, 15) is 13.2 Å². The van der Waals surface area contributed by atoms with E-state index in [4.69, 9.17) is 27.4 Å². The molecule has 0 radical (unpaired) electrons. The molecule has 1 aliphatic rings. The van der Waals surface area contributed by atoms with E-state index < -0.39 is 15.5 Å². The van der Waals surface area contributed by atoms with Crippen molar-refractivity contribution in [2.75, 3.05) is 13.6 Å². The summed E-state index contributed by atoms with van der Waals surface area (Å²) in [6.07, 6.45) is 3.20. The van der Waals surface area contributed by atoms with Gasteiger partial charge >= 0.3 is 10.1 Å². The number of likely N-dealkylation sites (tertiary alicyclic amines) is 1. The molecule has 5 nitrogen and oxygen atoms in total. The number of halogens is 2. The summed E-state index contributed by atoms with van der Waals surface area (Å²) in [5.74, 6) is 0.197. The van der Waals surface area contributed by atoms with Crippen molar-refractivity contribution in [1.82, 2.24) is 4.90 Å². The van der Waals surface area contributed by atoms with Gasteiger partial charge in [0, 0.05) is 18.6 Å². The van der Waals surface area contributed by atoms with Gasteiger partial charge in [0.05, 0.1) is 10.4 Å². The third-order valence-corrected chi connectivity index (χ3v) is 7.90. The Morgan fingerprint density at radius 1 is 1.13 bits per heavy atom. The largest absolute Gasteiger partial charge is 0.379 e. The number of carbonyl (C=O) groups is 1. The zero-order valence-corrected chi connectivity index (χ0v) is 19.6. The van der Waals surface area contributed by atoms with Gasteiger partial charge in [-0.1, -0.05) is 48.7 Å². The predicted molar refractivity (Wildman–Crippen MR) is 119 cm³/mol. The Bertz CT molecular complexity index is 1070. The van der Waals surface area contributed by atoms with Crippen molar-refractivity contribution >= 4 is 39.2 Å². The molecule has 1 heterocycles. The molecule has 2 aromatic carbocycles. The Balaban J connectivity index is 1.99. The van der Waals surface area contributed by atoms with E-state index in [1.165, 1.54) is 12.1 Å². The van der Waals surface area contributed by atoms with Gasteiger partial charge in [-0.25, -0.2) is 0 Å². The first kappa shape index (κ1) is 22.9. The van der Waals surface area contributed by atoms with Crippen molar-refractivity contribution in [2.45, 2.75) is 49.8 Å². The Kier molecular flexibility index (Phi) is 6.70. The van der Waals surface area contributed by atoms with Gasteiger partial charge in [0.1, 0.15) is 10.6 Å². The van der Waals surface area contributed by atoms with Crippen molar-refractivity contribution in [2.24, 2.45) is 0 Å². The molecule has 0 bridgehead atoms. The van der Waals surface area contributed by atoms with E-state index in [2.05, 4.69) is 0 Å². The van der Waals surface area contributed by atoms with Crippen LogP contribution in [0.5, 0.6) is 5.75 Å². The molecule has 1 aliphatic heterocycles. The maximum Gasteiger partial charge on any atom is 0.340 e. The van der Waals surface area contributed by atoms with Crippen molar-refractivity contribution < 1.29 is 17.4 Å². The molecule has 162 valence electrons. The van der Waals surface area contributed by atoms with Crippen molar-refractivity contribution in [3.05, 3.63) is 57.6 Å². The summed E-state index contributed by atoms with van der Waals surface area (Å²) < 4.78 is 31.1. The monoisotopic (exact) mass is 469 g/mol. The topological polar surface area (TPSA) is 63.7 Å². The molecule has 0 N–H and O–H groups in total. The van der Waals surface area contributed by atoms with Crippen molar-refractivity contribution in [3.63, 3.8) is 0 Å². The van der Waals surface area contributed by atoms with Gasteiger partial charge in [-0.3, -0.25) is 4.79 Å². The van der Waals surface area contributed by atoms with Crippen molar-refractivity contribution in [1.29, 1.82) is 0 Å². The molecule has 1 atom stereocenters. The minimum absolute atomic E-state index is 0.00708. The lowest BCUT2D eigenvalue weighted by atomic mass is 9.73. The number of hydrogen-bond acceptors (Lipinski definition) is 4. The number of nitrogens with zero attached hydrogens (tertiary/aromatic N) is 1. The first-order valence-electron chi connectivity index (χ1n) is 9.87. The maximum absolute atomic E-state index is 13.2. The van der Waals surface area contributed by atoms with E-state index in [0.717, 1.165) is 24.9 Å². The molecule has 0 spiro atoms. The standard InChI is InChI=1S/C22H25Cl2NO4S/c1-4-22(10-5-6-11-25(3)21(22)26)16-8-7-9-17(13-16)29-30(27,28)20-12-15(2)18(23)14-19(20)24/h7-9,12-14H,4-6,10-11H2,1-3H3/t22-/m0/s1. The molecule has 1 fully saturated rings. The SMILES string of the molecule is CC[C@@]1(c2cccc(OS(=O)(=O)c3cc(C)c(Cl)cc3Cl)c2)CCCCN(C)C1=O. The minimum atomic E-state index is -4.17. The van der Waals surface area contributed by atoms with Crippen LogP contribution in [-0.4, -0.2) is 32.8 Å². The Morgan fingerprint density at radius 3 is 2.57 bits per heavy atom. The van der Waals surface area contributed by atoms with Gasteiger partial charge in [-0.2, -0.15) is 8.42 Å². The van der Waals surface area contributed by atoms with Gasteiger partial charge in [0.15, 0.2) is 0 Å². The molecule has 0 aliphatic carbocycles. The molecule has 1 saturated heterocycles. The van der Waals surface area contributed by atoms with Crippen LogP contribution in [0, 0.1) is 6.92 Å². The first-order chi connectivity index (χ1) is 14.1. The van der Waals surface area contributed by atoms with Gasteiger partial charge < -0.3 is 9.08 Å². The fraction of sp³-hybridized carbons (Fsp3) is 0.409. The summed E-state index contributed by atoms with van der Waals surface area (Å²) in [5, 5.41) is 0.370. The van der Waals surface area contributed by atoms with Crippen LogP contribution in [0.15, 0.2) is 41.3 Å². The number of aryl methyl sites for hydroxylation is 1. The smallest absolute Gasteiger partial charge is 0.340 e. The number of hydrogen-bond donors (Lipinski definition) is 0. The molecule has 1 amide bonds. The van der Waals surface area contributed by atoms with Crippen LogP contribution in [0.25, 0.3) is 0 Å². The highest BCUT2D eigenvalue weighted by atomic mass is 35.5. The van der Waals surface area contributed by atoms with Crippen LogP contribution < -0.4 is 4.18 Å². The third-order valence-electron chi connectivity index (χ3n) is 5.78. The van der Waals surface area contributed by atoms with Crippen LogP contribution in [0.2, 0.25) is 10.0 Å². The fourth-order valence-electron chi connectivity index (χ4n) is 3.99. The van der Waals surface area contributed by atoms with Gasteiger partial charge in [0.2, 0.25) is 5.91 Å². The molecule has 0 saturated carbocycles. The zero-order chi connectivity index (χ0) is 22.1. The van der Waals surface area contributed by atoms with E-state index >= 15 is 0 Å². The summed E-state index contributed by atoms with van der Waals surface area (Å²) in [5.41, 5.74) is 0.645. The normalized spacial score (nSPS) is 20.2. The summed E-state index contributed by atoms with van der Waals surface area (Å²) in [7, 11) is -2.36. The molecule has 3 rings (SSSR count). The molecule has 30 heavy (non-hydrogen) atoms. The third kappa shape index (κ3) is 4.32. The van der Waals surface area contributed by atoms with E-state index in [1.807, 2.05) is 20.0 Å². The highest BCUT2D eigenvalue weighted by Gasteiger charge is 2.41. The highest BCUT2D eigenvalue weighted by Crippen LogP contribution is 2.39. The fourth-order valence-corrected chi connectivity index (χ4v) is 5.72. The summed E-state index contributed by atoms with van der Waals surface area (Å²) in [6, 6.07) is 9.56. The Hall–Kier alpha value is -1.76. The Morgan fingerprint density at radius 2 is 1.87 bits per heavy atom. The molecule has 2 aromatic rings. The lowest BCUT2D eigenvalue weighted by Gasteiger charge is -2.33. The van der Waals surface area contributed by atoms with Crippen LogP contribution in [0.4, 0.5) is 0 Å². The number of carbonyl (C=O) groups excluding carboxylic acids is 1. The lowest BCUT2D eigenvalue weighted by Crippen LogP contribution is -2.43. The average Bonchev–Trinajstić information content (AvgIpc) is 2.84. The second kappa shape index (κ2) is 8.77. The summed E-state index contributed by atoms with van der Waals surface area (Å²) in [6.45, 7) is 4.40. The maximum atomic E-state index is 13.2. The highest BCUT2D eigenvalue weighted by molar-refractivity contribution is 7.87. The zero-order valence-electron chi connectivity index (χ0n) is 17.2. The number of benzene rings is 2. The van der Waals surface area contributed by atoms with Crippen LogP contribution >= 0.6 is 23.2 Å². The second-order valence-corrected chi connectivity index (χ2v) is 10.0. The lowest BCUT2D eigenvalue weighted by molar-refractivity contribution is -0.135. The van der Waals surface area contributed by atoms with E-state index in [1.54, 1.807) is 30.0 Å². The summed E-state index contributed by atoms with van der Waals surface area (Å²) >= 11 is 12.1. The number of likely N-dealkylation sites (N-methyl/N-ethyl adjacent to an activating group) is 1. The minimum Gasteiger partial charge on any atom is -0.379 e.